The van der Waals surface area contributed by atoms with E-state index < -0.39 is 0 Å². The molecule has 0 saturated heterocycles. The van der Waals surface area contributed by atoms with Crippen molar-refractivity contribution in [1.29, 1.82) is 0 Å². The Hall–Kier alpha value is -6.42. The van der Waals surface area contributed by atoms with Gasteiger partial charge in [-0.25, -0.2) is 0 Å². The highest BCUT2D eigenvalue weighted by molar-refractivity contribution is 7.25. The third-order valence-electron chi connectivity index (χ3n) is 9.98. The molecule has 10 rings (SSSR count). The molecule has 0 spiro atoms. The molecule has 0 aliphatic heterocycles. The van der Waals surface area contributed by atoms with Crippen LogP contribution in [0.4, 0.5) is 17.1 Å². The van der Waals surface area contributed by atoms with Gasteiger partial charge in [-0.2, -0.15) is 0 Å². The predicted molar refractivity (Wildman–Crippen MR) is 219 cm³/mol. The Balaban J connectivity index is 1.14. The van der Waals surface area contributed by atoms with Crippen LogP contribution in [0.25, 0.3) is 69.9 Å². The Labute approximate surface area is 300 Å². The molecule has 2 aromatic heterocycles. The topological polar surface area (TPSA) is 8.17 Å². The maximum absolute atomic E-state index is 2.40. The lowest BCUT2D eigenvalue weighted by Gasteiger charge is -2.26. The van der Waals surface area contributed by atoms with Gasteiger partial charge in [-0.3, -0.25) is 0 Å². The molecule has 0 radical (unpaired) electrons. The van der Waals surface area contributed by atoms with Crippen molar-refractivity contribution in [2.75, 3.05) is 4.90 Å². The van der Waals surface area contributed by atoms with Gasteiger partial charge in [0.15, 0.2) is 0 Å². The molecule has 240 valence electrons. The Morgan fingerprint density at radius 3 is 1.82 bits per heavy atom. The van der Waals surface area contributed by atoms with E-state index >= 15 is 0 Å². The summed E-state index contributed by atoms with van der Waals surface area (Å²) >= 11 is 1.86. The van der Waals surface area contributed by atoms with E-state index in [0.717, 1.165) is 22.7 Å². The molecule has 10 aromatic rings. The van der Waals surface area contributed by atoms with Crippen molar-refractivity contribution < 1.29 is 0 Å². The average molecular weight is 669 g/mol. The van der Waals surface area contributed by atoms with Crippen LogP contribution < -0.4 is 4.90 Å². The largest absolute Gasteiger partial charge is 0.310 e. The highest BCUT2D eigenvalue weighted by atomic mass is 32.1. The maximum Gasteiger partial charge on any atom is 0.0547 e. The minimum absolute atomic E-state index is 1.11. The van der Waals surface area contributed by atoms with Gasteiger partial charge < -0.3 is 9.47 Å². The van der Waals surface area contributed by atoms with E-state index in [1.165, 1.54) is 64.2 Å². The molecule has 8 aromatic carbocycles. The van der Waals surface area contributed by atoms with Crippen LogP contribution in [0.1, 0.15) is 0 Å². The second-order valence-corrected chi connectivity index (χ2v) is 14.0. The lowest BCUT2D eigenvalue weighted by molar-refractivity contribution is 1.18. The molecule has 0 atom stereocenters. The van der Waals surface area contributed by atoms with Gasteiger partial charge in [-0.1, -0.05) is 115 Å². The summed E-state index contributed by atoms with van der Waals surface area (Å²) in [4.78, 5) is 2.37. The van der Waals surface area contributed by atoms with Crippen molar-refractivity contribution in [2.45, 2.75) is 0 Å². The summed E-state index contributed by atoms with van der Waals surface area (Å²) in [6.45, 7) is 0. The summed E-state index contributed by atoms with van der Waals surface area (Å²) in [7, 11) is 0. The fourth-order valence-electron chi connectivity index (χ4n) is 7.64. The normalized spacial score (nSPS) is 11.5. The highest BCUT2D eigenvalue weighted by Crippen LogP contribution is 2.43. The first kappa shape index (κ1) is 29.5. The Morgan fingerprint density at radius 2 is 1.02 bits per heavy atom. The van der Waals surface area contributed by atoms with Crippen LogP contribution in [0.5, 0.6) is 0 Å². The summed E-state index contributed by atoms with van der Waals surface area (Å²) in [6.07, 6.45) is 0. The summed E-state index contributed by atoms with van der Waals surface area (Å²) < 4.78 is 5.06. The fourth-order valence-corrected chi connectivity index (χ4v) is 8.73. The van der Waals surface area contributed by atoms with E-state index in [1.807, 2.05) is 11.3 Å². The number of thiophene rings is 1. The minimum atomic E-state index is 1.11. The number of hydrogen-bond donors (Lipinski definition) is 0. The molecule has 2 nitrogen and oxygen atoms in total. The van der Waals surface area contributed by atoms with Crippen molar-refractivity contribution in [3.05, 3.63) is 194 Å². The highest BCUT2D eigenvalue weighted by Gasteiger charge is 2.19. The first-order valence-electron chi connectivity index (χ1n) is 17.4. The maximum atomic E-state index is 2.40. The lowest BCUT2D eigenvalue weighted by atomic mass is 9.99. The zero-order chi connectivity index (χ0) is 33.7. The molecule has 0 aliphatic carbocycles. The number of aromatic nitrogens is 1. The van der Waals surface area contributed by atoms with Crippen molar-refractivity contribution in [3.8, 4) is 27.9 Å². The number of fused-ring (bicyclic) bond motifs is 6. The summed E-state index contributed by atoms with van der Waals surface area (Å²) in [5.74, 6) is 0. The van der Waals surface area contributed by atoms with Crippen LogP contribution in [0.3, 0.4) is 0 Å². The first-order chi connectivity index (χ1) is 25.3. The Bertz CT molecular complexity index is 2830. The molecular weight excluding hydrogens is 637 g/mol. The summed E-state index contributed by atoms with van der Waals surface area (Å²) in [5, 5.41) is 5.12. The van der Waals surface area contributed by atoms with Gasteiger partial charge in [-0.05, 0) is 101 Å². The van der Waals surface area contributed by atoms with Crippen LogP contribution in [0.2, 0.25) is 0 Å². The number of hydrogen-bond acceptors (Lipinski definition) is 2. The molecule has 3 heteroatoms. The quantitative estimate of drug-likeness (QED) is 0.171. The zero-order valence-electron chi connectivity index (χ0n) is 27.8. The Morgan fingerprint density at radius 1 is 0.373 bits per heavy atom. The molecular formula is C48H32N2S. The standard InChI is InChI=1S/C48H32N2S/c1-4-13-34(14-5-1)40-20-12-21-45-48(40)43-32-39(28-29-44(43)50(45)37-17-8-3-9-18-37)49(36-15-6-2-7-16-36)38-26-23-33(24-27-38)35-25-30-47-42(31-35)41-19-10-11-22-46(41)51-47/h1-32H. The molecule has 0 saturated carbocycles. The molecule has 2 heterocycles. The van der Waals surface area contributed by atoms with Crippen molar-refractivity contribution >= 4 is 70.4 Å². The number of rotatable bonds is 6. The average Bonchev–Trinajstić information content (AvgIpc) is 3.75. The van der Waals surface area contributed by atoms with E-state index in [1.54, 1.807) is 0 Å². The SMILES string of the molecule is c1ccc(-c2cccc3c2c2cc(N(c4ccccc4)c4ccc(-c5ccc6sc7ccccc7c6c5)cc4)ccc2n3-c2ccccc2)cc1. The number of anilines is 3. The molecule has 0 fully saturated rings. The van der Waals surface area contributed by atoms with E-state index in [9.17, 15) is 0 Å². The third kappa shape index (κ3) is 5.01. The van der Waals surface area contributed by atoms with Gasteiger partial charge in [0.1, 0.15) is 0 Å². The molecule has 0 unspecified atom stereocenters. The van der Waals surface area contributed by atoms with Crippen molar-refractivity contribution in [1.82, 2.24) is 4.57 Å². The molecule has 51 heavy (non-hydrogen) atoms. The van der Waals surface area contributed by atoms with Crippen molar-refractivity contribution in [2.24, 2.45) is 0 Å². The number of benzene rings is 8. The van der Waals surface area contributed by atoms with Gasteiger partial charge in [0, 0.05) is 53.7 Å². The summed E-state index contributed by atoms with van der Waals surface area (Å²) in [5.41, 5.74) is 11.8. The number of para-hydroxylation sites is 2. The van der Waals surface area contributed by atoms with Gasteiger partial charge in [0.25, 0.3) is 0 Å². The zero-order valence-corrected chi connectivity index (χ0v) is 28.6. The van der Waals surface area contributed by atoms with E-state index in [0.29, 0.717) is 0 Å². The minimum Gasteiger partial charge on any atom is -0.310 e. The van der Waals surface area contributed by atoms with Crippen molar-refractivity contribution in [3.63, 3.8) is 0 Å². The summed E-state index contributed by atoms with van der Waals surface area (Å²) in [6, 6.07) is 70.3. The van der Waals surface area contributed by atoms with Gasteiger partial charge in [0.05, 0.1) is 11.0 Å². The van der Waals surface area contributed by atoms with Crippen LogP contribution in [-0.2, 0) is 0 Å². The third-order valence-corrected chi connectivity index (χ3v) is 11.1. The van der Waals surface area contributed by atoms with E-state index in [4.69, 9.17) is 0 Å². The van der Waals surface area contributed by atoms with Crippen LogP contribution in [0, 0.1) is 0 Å². The van der Waals surface area contributed by atoms with Crippen LogP contribution in [-0.4, -0.2) is 4.57 Å². The molecule has 0 N–H and O–H groups in total. The lowest BCUT2D eigenvalue weighted by Crippen LogP contribution is -2.09. The predicted octanol–water partition coefficient (Wildman–Crippen LogP) is 14.0. The second-order valence-electron chi connectivity index (χ2n) is 13.0. The van der Waals surface area contributed by atoms with Crippen LogP contribution >= 0.6 is 11.3 Å². The van der Waals surface area contributed by atoms with E-state index in [-0.39, 0.29) is 0 Å². The van der Waals surface area contributed by atoms with Gasteiger partial charge in [0.2, 0.25) is 0 Å². The Kier molecular flexibility index (Phi) is 7.04. The first-order valence-corrected chi connectivity index (χ1v) is 18.2. The van der Waals surface area contributed by atoms with Gasteiger partial charge >= 0.3 is 0 Å². The second kappa shape index (κ2) is 12.2. The van der Waals surface area contributed by atoms with Crippen LogP contribution in [0.15, 0.2) is 194 Å². The molecule has 0 amide bonds. The fraction of sp³-hybridized carbons (Fsp3) is 0. The monoisotopic (exact) mass is 668 g/mol. The smallest absolute Gasteiger partial charge is 0.0547 e. The number of nitrogens with zero attached hydrogens (tertiary/aromatic N) is 2. The van der Waals surface area contributed by atoms with E-state index in [2.05, 4.69) is 204 Å². The van der Waals surface area contributed by atoms with Gasteiger partial charge in [-0.15, -0.1) is 11.3 Å². The molecule has 0 aliphatic rings. The molecule has 0 bridgehead atoms.